The average Bonchev–Trinajstić information content (AvgIpc) is 2.46. The van der Waals surface area contributed by atoms with Crippen molar-refractivity contribution >= 4 is 41.3 Å². The second-order valence-electron chi connectivity index (χ2n) is 5.11. The number of nitro groups is 1. The molecule has 0 aliphatic heterocycles. The van der Waals surface area contributed by atoms with Gasteiger partial charge in [0, 0.05) is 18.7 Å². The third-order valence-electron chi connectivity index (χ3n) is 3.23. The number of nitro benzene ring substituents is 1. The highest BCUT2D eigenvalue weighted by atomic mass is 79.9. The molecule has 0 bridgehead atoms. The summed E-state index contributed by atoms with van der Waals surface area (Å²) in [7, 11) is -4.07. The maximum atomic E-state index is 11.5. The van der Waals surface area contributed by atoms with E-state index >= 15 is 0 Å². The topological polar surface area (TPSA) is 178 Å². The maximum Gasteiger partial charge on any atom is 0.325 e. The van der Waals surface area contributed by atoms with Crippen LogP contribution < -0.4 is 16.4 Å². The first-order valence-electron chi connectivity index (χ1n) is 6.86. The number of nitrogens with zero attached hydrogens (tertiary/aromatic N) is 1. The van der Waals surface area contributed by atoms with Crippen molar-refractivity contribution in [2.45, 2.75) is 13.0 Å². The summed E-state index contributed by atoms with van der Waals surface area (Å²) in [5.74, 6) is 0. The summed E-state index contributed by atoms with van der Waals surface area (Å²) >= 11 is 0. The van der Waals surface area contributed by atoms with Crippen molar-refractivity contribution in [1.29, 1.82) is 0 Å². The molecule has 0 saturated carbocycles. The van der Waals surface area contributed by atoms with Crippen LogP contribution in [0.25, 0.3) is 11.0 Å². The number of aromatic amines is 2. The third-order valence-corrected chi connectivity index (χ3v) is 4.13. The maximum absolute atomic E-state index is 11.5. The molecule has 1 heterocycles. The highest BCUT2D eigenvalue weighted by Gasteiger charge is 2.14. The molecular formula is C12H16BrN4O7P. The van der Waals surface area contributed by atoms with Crippen LogP contribution in [0.4, 0.5) is 5.69 Å². The van der Waals surface area contributed by atoms with Gasteiger partial charge in [0.25, 0.3) is 5.69 Å². The molecule has 0 unspecified atom stereocenters. The summed E-state index contributed by atoms with van der Waals surface area (Å²) in [5, 5.41) is 13.9. The van der Waals surface area contributed by atoms with Gasteiger partial charge in [0.1, 0.15) is 0 Å². The van der Waals surface area contributed by atoms with Gasteiger partial charge in [0.05, 0.1) is 22.1 Å². The molecule has 2 aromatic rings. The smallest absolute Gasteiger partial charge is 0.324 e. The molecule has 0 aliphatic carbocycles. The number of benzene rings is 1. The van der Waals surface area contributed by atoms with E-state index in [4.69, 9.17) is 9.79 Å². The van der Waals surface area contributed by atoms with E-state index in [1.54, 1.807) is 0 Å². The molecule has 11 nitrogen and oxygen atoms in total. The standard InChI is InChI=1S/C12H15N4O7P.BrH/c17-11-12(18)15-10-7(6-13-2-1-3-24(21,22)23)4-8(16(19)20)5-9(10)14-11;/h4-5,13H,1-3,6H2,(H,14,17)(H,15,18)(H2,21,22,23);1H. The number of aromatic nitrogens is 2. The van der Waals surface area contributed by atoms with Crippen molar-refractivity contribution in [1.82, 2.24) is 15.3 Å². The number of H-pyrrole nitrogens is 2. The molecule has 0 fully saturated rings. The summed E-state index contributed by atoms with van der Waals surface area (Å²) in [4.78, 5) is 55.3. The molecule has 0 amide bonds. The zero-order chi connectivity index (χ0) is 17.9. The van der Waals surface area contributed by atoms with Gasteiger partial charge in [-0.3, -0.25) is 24.3 Å². The molecule has 0 saturated heterocycles. The molecular weight excluding hydrogens is 423 g/mol. The molecule has 0 aliphatic rings. The highest BCUT2D eigenvalue weighted by molar-refractivity contribution is 8.93. The Labute approximate surface area is 150 Å². The van der Waals surface area contributed by atoms with Crippen molar-refractivity contribution in [3.8, 4) is 0 Å². The Morgan fingerprint density at radius 2 is 1.84 bits per heavy atom. The van der Waals surface area contributed by atoms with E-state index in [2.05, 4.69) is 15.3 Å². The van der Waals surface area contributed by atoms with Gasteiger partial charge in [-0.2, -0.15) is 0 Å². The Balaban J connectivity index is 0.00000312. The predicted octanol–water partition coefficient (Wildman–Crippen LogP) is 0.360. The first kappa shape index (κ1) is 21.2. The largest absolute Gasteiger partial charge is 0.325 e. The summed E-state index contributed by atoms with van der Waals surface area (Å²) in [6, 6.07) is 2.40. The fourth-order valence-electron chi connectivity index (χ4n) is 2.16. The third kappa shape index (κ3) is 5.87. The van der Waals surface area contributed by atoms with Crippen LogP contribution >= 0.6 is 24.6 Å². The van der Waals surface area contributed by atoms with Gasteiger partial charge < -0.3 is 25.1 Å². The van der Waals surface area contributed by atoms with E-state index in [-0.39, 0.29) is 59.4 Å². The molecule has 2 rings (SSSR count). The van der Waals surface area contributed by atoms with Crippen LogP contribution in [-0.4, -0.2) is 37.4 Å². The second kappa shape index (κ2) is 8.50. The van der Waals surface area contributed by atoms with Crippen LogP contribution in [0.1, 0.15) is 12.0 Å². The van der Waals surface area contributed by atoms with Gasteiger partial charge in [0.15, 0.2) is 0 Å². The lowest BCUT2D eigenvalue weighted by Gasteiger charge is -2.08. The average molecular weight is 439 g/mol. The van der Waals surface area contributed by atoms with E-state index in [0.29, 0.717) is 5.56 Å². The van der Waals surface area contributed by atoms with Crippen LogP contribution in [-0.2, 0) is 11.1 Å². The van der Waals surface area contributed by atoms with Crippen LogP contribution in [0.15, 0.2) is 21.7 Å². The minimum absolute atomic E-state index is 0. The van der Waals surface area contributed by atoms with Crippen molar-refractivity contribution in [3.63, 3.8) is 0 Å². The fourth-order valence-corrected chi connectivity index (χ4v) is 2.73. The van der Waals surface area contributed by atoms with Crippen LogP contribution in [0.2, 0.25) is 0 Å². The quantitative estimate of drug-likeness (QED) is 0.135. The first-order chi connectivity index (χ1) is 11.2. The Morgan fingerprint density at radius 3 is 2.44 bits per heavy atom. The van der Waals surface area contributed by atoms with E-state index in [0.717, 1.165) is 6.07 Å². The Morgan fingerprint density at radius 1 is 1.20 bits per heavy atom. The van der Waals surface area contributed by atoms with E-state index < -0.39 is 23.6 Å². The van der Waals surface area contributed by atoms with Crippen molar-refractivity contribution < 1.29 is 19.3 Å². The number of rotatable bonds is 7. The van der Waals surface area contributed by atoms with Gasteiger partial charge in [0.2, 0.25) is 0 Å². The van der Waals surface area contributed by atoms with Crippen molar-refractivity contribution in [3.05, 3.63) is 48.5 Å². The molecule has 138 valence electrons. The van der Waals surface area contributed by atoms with Crippen LogP contribution in [0.5, 0.6) is 0 Å². The molecule has 13 heteroatoms. The normalized spacial score (nSPS) is 11.3. The van der Waals surface area contributed by atoms with Gasteiger partial charge in [-0.15, -0.1) is 17.0 Å². The zero-order valence-electron chi connectivity index (χ0n) is 12.7. The SMILES string of the molecule is Br.O=c1[nH]c2cc([N+](=O)[O-])cc(CNCCCP(=O)(O)O)c2[nH]c1=O. The van der Waals surface area contributed by atoms with Crippen LogP contribution in [0, 0.1) is 10.1 Å². The zero-order valence-corrected chi connectivity index (χ0v) is 15.3. The van der Waals surface area contributed by atoms with Gasteiger partial charge in [-0.05, 0) is 18.5 Å². The summed E-state index contributed by atoms with van der Waals surface area (Å²) < 4.78 is 10.7. The molecule has 5 N–H and O–H groups in total. The lowest BCUT2D eigenvalue weighted by molar-refractivity contribution is -0.384. The van der Waals surface area contributed by atoms with E-state index in [1.165, 1.54) is 6.07 Å². The minimum Gasteiger partial charge on any atom is -0.324 e. The Kier molecular flexibility index (Phi) is 7.20. The molecule has 1 aromatic heterocycles. The monoisotopic (exact) mass is 438 g/mol. The van der Waals surface area contributed by atoms with Gasteiger partial charge in [-0.25, -0.2) is 0 Å². The number of nitrogens with one attached hydrogen (secondary N) is 3. The summed E-state index contributed by atoms with van der Waals surface area (Å²) in [6.45, 7) is 0.379. The molecule has 0 spiro atoms. The Hall–Kier alpha value is -1.85. The van der Waals surface area contributed by atoms with Crippen molar-refractivity contribution in [2.24, 2.45) is 0 Å². The predicted molar refractivity (Wildman–Crippen MR) is 95.4 cm³/mol. The minimum atomic E-state index is -4.07. The summed E-state index contributed by atoms with van der Waals surface area (Å²) in [6.07, 6.45) is -0.0652. The number of hydrogen-bond donors (Lipinski definition) is 5. The fraction of sp³-hybridized carbons (Fsp3) is 0.333. The lowest BCUT2D eigenvalue weighted by atomic mass is 10.1. The molecule has 1 aromatic carbocycles. The molecule has 0 atom stereocenters. The highest BCUT2D eigenvalue weighted by Crippen LogP contribution is 2.34. The Bertz CT molecular complexity index is 935. The van der Waals surface area contributed by atoms with E-state index in [1.807, 2.05) is 0 Å². The molecule has 0 radical (unpaired) electrons. The van der Waals surface area contributed by atoms with Gasteiger partial charge >= 0.3 is 18.7 Å². The number of fused-ring (bicyclic) bond motifs is 1. The van der Waals surface area contributed by atoms with Gasteiger partial charge in [-0.1, -0.05) is 0 Å². The number of non-ortho nitro benzene ring substituents is 1. The van der Waals surface area contributed by atoms with E-state index in [9.17, 15) is 24.3 Å². The second-order valence-corrected chi connectivity index (χ2v) is 6.89. The lowest BCUT2D eigenvalue weighted by Crippen LogP contribution is -2.29. The van der Waals surface area contributed by atoms with Crippen molar-refractivity contribution in [2.75, 3.05) is 12.7 Å². The summed E-state index contributed by atoms with van der Waals surface area (Å²) in [5.41, 5.74) is -1.28. The molecule has 25 heavy (non-hydrogen) atoms. The van der Waals surface area contributed by atoms with Crippen LogP contribution in [0.3, 0.4) is 0 Å². The number of hydrogen-bond acceptors (Lipinski definition) is 6. The number of halogens is 1. The first-order valence-corrected chi connectivity index (χ1v) is 8.66.